The molecule has 3 aromatic rings. The molecule has 28 heavy (non-hydrogen) atoms. The number of benzene rings is 2. The van der Waals surface area contributed by atoms with Crippen LogP contribution in [0.5, 0.6) is 17.2 Å². The summed E-state index contributed by atoms with van der Waals surface area (Å²) in [6.07, 6.45) is -0.887. The van der Waals surface area contributed by atoms with Crippen molar-refractivity contribution < 1.29 is 33.7 Å². The number of fused-ring (bicyclic) bond motifs is 5. The number of carbonyl (C=O) groups is 3. The fourth-order valence-electron chi connectivity index (χ4n) is 3.89. The van der Waals surface area contributed by atoms with Gasteiger partial charge >= 0.3 is 17.9 Å². The zero-order valence-corrected chi connectivity index (χ0v) is 14.3. The molecule has 1 N–H and O–H groups in total. The summed E-state index contributed by atoms with van der Waals surface area (Å²) >= 11 is 0. The second-order valence-electron chi connectivity index (χ2n) is 7.23. The van der Waals surface area contributed by atoms with Gasteiger partial charge in [-0.25, -0.2) is 9.78 Å². The highest BCUT2D eigenvalue weighted by Gasteiger charge is 2.47. The first-order valence-electron chi connectivity index (χ1n) is 8.70. The molecule has 8 nitrogen and oxygen atoms in total. The molecule has 138 valence electrons. The van der Waals surface area contributed by atoms with Crippen molar-refractivity contribution in [2.24, 2.45) is 0 Å². The Morgan fingerprint density at radius 3 is 2.54 bits per heavy atom. The predicted molar refractivity (Wildman–Crippen MR) is 93.1 cm³/mol. The number of hydrogen-bond donors (Lipinski definition) is 1. The van der Waals surface area contributed by atoms with Gasteiger partial charge < -0.3 is 19.3 Å². The Kier molecular flexibility index (Phi) is 2.69. The van der Waals surface area contributed by atoms with Crippen molar-refractivity contribution in [1.82, 2.24) is 4.98 Å². The van der Waals surface area contributed by atoms with Crippen LogP contribution in [-0.2, 0) is 20.8 Å². The minimum Gasteiger partial charge on any atom is -0.424 e. The second-order valence-corrected chi connectivity index (χ2v) is 7.23. The van der Waals surface area contributed by atoms with Crippen LogP contribution in [0.3, 0.4) is 0 Å². The van der Waals surface area contributed by atoms with E-state index in [1.54, 1.807) is 12.1 Å². The van der Waals surface area contributed by atoms with E-state index in [-0.39, 0.29) is 17.2 Å². The molecule has 0 radical (unpaired) electrons. The first-order valence-corrected chi connectivity index (χ1v) is 8.70. The molecule has 0 spiro atoms. The third-order valence-electron chi connectivity index (χ3n) is 5.31. The lowest BCUT2D eigenvalue weighted by Crippen LogP contribution is -2.47. The van der Waals surface area contributed by atoms with Crippen LogP contribution in [-0.4, -0.2) is 33.6 Å². The number of hydrogen-bond acceptors (Lipinski definition) is 8. The quantitative estimate of drug-likeness (QED) is 0.279. The number of rotatable bonds is 0. The second kappa shape index (κ2) is 4.85. The van der Waals surface area contributed by atoms with Gasteiger partial charge in [0.15, 0.2) is 22.8 Å². The highest BCUT2D eigenvalue weighted by molar-refractivity contribution is 6.06. The van der Waals surface area contributed by atoms with E-state index in [1.165, 1.54) is 0 Å². The van der Waals surface area contributed by atoms with E-state index in [0.29, 0.717) is 17.5 Å². The average Bonchev–Trinajstić information content (AvgIpc) is 3.42. The van der Waals surface area contributed by atoms with Gasteiger partial charge in [0.2, 0.25) is 0 Å². The molecule has 0 amide bonds. The molecule has 3 aliphatic rings. The third kappa shape index (κ3) is 1.97. The molecule has 1 aliphatic carbocycles. The monoisotopic (exact) mass is 377 g/mol. The molecule has 0 saturated heterocycles. The van der Waals surface area contributed by atoms with Gasteiger partial charge in [0.1, 0.15) is 11.0 Å². The highest BCUT2D eigenvalue weighted by atomic mass is 16.6. The first kappa shape index (κ1) is 15.5. The number of esters is 3. The fraction of sp³-hybridized carbons (Fsp3) is 0.200. The summed E-state index contributed by atoms with van der Waals surface area (Å²) < 4.78 is 16.2. The van der Waals surface area contributed by atoms with Crippen molar-refractivity contribution in [2.45, 2.75) is 24.9 Å². The topological polar surface area (TPSA) is 112 Å². The molecule has 2 aromatic carbocycles. The number of carbonyl (C=O) groups excluding carboxylic acids is 3. The molecule has 0 fully saturated rings. The van der Waals surface area contributed by atoms with Crippen molar-refractivity contribution in [3.8, 4) is 17.2 Å². The van der Waals surface area contributed by atoms with Gasteiger partial charge in [0.25, 0.3) is 0 Å². The molecule has 1 unspecified atom stereocenters. The Morgan fingerprint density at radius 2 is 1.71 bits per heavy atom. The summed E-state index contributed by atoms with van der Waals surface area (Å²) in [5.41, 5.74) is 0.0576. The minimum absolute atomic E-state index is 0.0197. The third-order valence-corrected chi connectivity index (χ3v) is 5.31. The molecule has 0 saturated carbocycles. The van der Waals surface area contributed by atoms with Crippen LogP contribution in [0.1, 0.15) is 24.0 Å². The molecule has 4 bridgehead atoms. The van der Waals surface area contributed by atoms with Gasteiger partial charge in [-0.05, 0) is 17.7 Å². The lowest BCUT2D eigenvalue weighted by atomic mass is 9.95. The summed E-state index contributed by atoms with van der Waals surface area (Å²) in [6, 6.07) is 7.02. The maximum absolute atomic E-state index is 12.7. The number of aliphatic hydroxyl groups is 1. The number of aromatic nitrogens is 1. The Hall–Kier alpha value is -3.52. The molecule has 8 heteroatoms. The first-order chi connectivity index (χ1) is 13.4. The fourth-order valence-corrected chi connectivity index (χ4v) is 3.89. The Morgan fingerprint density at radius 1 is 0.929 bits per heavy atom. The van der Waals surface area contributed by atoms with E-state index < -0.39 is 36.4 Å². The number of nitrogens with zero attached hydrogens (tertiary/aromatic N) is 1. The average molecular weight is 377 g/mol. The van der Waals surface area contributed by atoms with Crippen LogP contribution >= 0.6 is 0 Å². The Labute approximate surface area is 156 Å². The lowest BCUT2D eigenvalue weighted by Gasteiger charge is -2.26. The molecule has 1 atom stereocenters. The van der Waals surface area contributed by atoms with Gasteiger partial charge in [-0.3, -0.25) is 9.59 Å². The molecule has 1 aromatic heterocycles. The van der Waals surface area contributed by atoms with E-state index in [4.69, 9.17) is 14.2 Å². The molecule has 6 rings (SSSR count). The lowest BCUT2D eigenvalue weighted by molar-refractivity contribution is -0.168. The SMILES string of the molecule is O=C1CC2(O)CC(=O)Oc3cccc4cc5c6c(c(c(c5nc34)OC2=O)O1)C6. The molecular weight excluding hydrogens is 366 g/mol. The van der Waals surface area contributed by atoms with E-state index in [1.807, 2.05) is 12.1 Å². The van der Waals surface area contributed by atoms with Crippen LogP contribution < -0.4 is 14.2 Å². The Balaban J connectivity index is 1.78. The van der Waals surface area contributed by atoms with E-state index in [0.717, 1.165) is 21.9 Å². The normalized spacial score (nSPS) is 22.5. The van der Waals surface area contributed by atoms with Gasteiger partial charge in [0.05, 0.1) is 12.8 Å². The number of ether oxygens (including phenoxy) is 3. The van der Waals surface area contributed by atoms with E-state index in [2.05, 4.69) is 4.98 Å². The summed E-state index contributed by atoms with van der Waals surface area (Å²) in [5, 5.41) is 12.3. The van der Waals surface area contributed by atoms with Gasteiger partial charge in [0, 0.05) is 22.8 Å². The number of pyridine rings is 1. The van der Waals surface area contributed by atoms with Crippen molar-refractivity contribution in [1.29, 1.82) is 0 Å². The van der Waals surface area contributed by atoms with Gasteiger partial charge in [-0.2, -0.15) is 0 Å². The summed E-state index contributed by atoms with van der Waals surface area (Å²) in [7, 11) is 0. The highest BCUT2D eigenvalue weighted by Crippen LogP contribution is 2.52. The van der Waals surface area contributed by atoms with Crippen molar-refractivity contribution in [3.63, 3.8) is 0 Å². The molecular formula is C20H11NO7. The van der Waals surface area contributed by atoms with Crippen LogP contribution in [0, 0.1) is 0 Å². The van der Waals surface area contributed by atoms with E-state index in [9.17, 15) is 19.5 Å². The maximum atomic E-state index is 12.7. The number of para-hydroxylation sites is 1. The maximum Gasteiger partial charge on any atom is 0.344 e. The largest absolute Gasteiger partial charge is 0.424 e. The Bertz CT molecular complexity index is 1300. The minimum atomic E-state index is -2.39. The van der Waals surface area contributed by atoms with Crippen molar-refractivity contribution in [2.75, 3.05) is 0 Å². The molecule has 3 heterocycles. The summed E-state index contributed by atoms with van der Waals surface area (Å²) in [6.45, 7) is 0. The van der Waals surface area contributed by atoms with Gasteiger partial charge in [-0.1, -0.05) is 12.1 Å². The molecule has 2 aliphatic heterocycles. The predicted octanol–water partition coefficient (Wildman–Crippen LogP) is 1.55. The van der Waals surface area contributed by atoms with Crippen molar-refractivity contribution in [3.05, 3.63) is 35.4 Å². The summed E-state index contributed by atoms with van der Waals surface area (Å²) in [5.74, 6) is -2.50. The zero-order valence-electron chi connectivity index (χ0n) is 14.3. The van der Waals surface area contributed by atoms with Crippen LogP contribution in [0.25, 0.3) is 21.8 Å². The van der Waals surface area contributed by atoms with Crippen LogP contribution in [0.2, 0.25) is 0 Å². The van der Waals surface area contributed by atoms with Crippen LogP contribution in [0.4, 0.5) is 0 Å². The standard InChI is InChI=1S/C20H11NO7/c22-13-6-20(25)7-14(23)27-17-11-5-9(11)10-4-8-2-1-3-12(26-13)15(8)21-16(10)18(17)28-19(20)24/h1-4,25H,5-7H2. The smallest absolute Gasteiger partial charge is 0.344 e. The van der Waals surface area contributed by atoms with Crippen LogP contribution in [0.15, 0.2) is 24.3 Å². The van der Waals surface area contributed by atoms with E-state index >= 15 is 0 Å². The van der Waals surface area contributed by atoms with Crippen molar-refractivity contribution >= 4 is 39.7 Å². The summed E-state index contributed by atoms with van der Waals surface area (Å²) in [4.78, 5) is 42.1. The van der Waals surface area contributed by atoms with Gasteiger partial charge in [-0.15, -0.1) is 0 Å². The zero-order chi connectivity index (χ0) is 19.2.